The molecule has 0 atom stereocenters. The molecule has 8 nitrogen and oxygen atoms in total. The molecule has 4 heterocycles. The van der Waals surface area contributed by atoms with Gasteiger partial charge in [-0.2, -0.15) is 5.26 Å². The zero-order valence-corrected chi connectivity index (χ0v) is 23.1. The number of fused-ring (bicyclic) bond motifs is 1. The van der Waals surface area contributed by atoms with E-state index in [1.807, 2.05) is 36.8 Å². The van der Waals surface area contributed by atoms with Gasteiger partial charge in [-0.25, -0.2) is 19.3 Å². The lowest BCUT2D eigenvalue weighted by atomic mass is 9.93. The molecule has 0 saturated carbocycles. The second-order valence-electron chi connectivity index (χ2n) is 10.4. The number of halogens is 1. The lowest BCUT2D eigenvalue weighted by molar-refractivity contribution is 0.196. The lowest BCUT2D eigenvalue weighted by Gasteiger charge is -2.31. The number of nitriles is 1. The van der Waals surface area contributed by atoms with Gasteiger partial charge in [0, 0.05) is 36.0 Å². The largest absolute Gasteiger partial charge is 0.473 e. The topological polar surface area (TPSA) is 84.8 Å². The van der Waals surface area contributed by atoms with E-state index in [0.29, 0.717) is 22.9 Å². The monoisotopic (exact) mass is 549 g/mol. The molecule has 3 aromatic heterocycles. The maximum Gasteiger partial charge on any atom is 0.213 e. The third kappa shape index (κ3) is 5.83. The standard InChI is InChI=1S/C32H32FN7O/c1-2-39-22-35-18-26(39)19-40-30-8-4-3-6-29(30)36-31(40)20-38-14-12-24(13-15-38)28-7-5-9-32(37-28)41-21-25-11-10-23(17-34)16-27(25)33/h3-11,16,18,22,24H,2,12-15,19-21H2,1H3. The van der Waals surface area contributed by atoms with Crippen LogP contribution in [-0.4, -0.2) is 42.1 Å². The van der Waals surface area contributed by atoms with Crippen LogP contribution in [0.15, 0.2) is 73.2 Å². The first kappa shape index (κ1) is 26.7. The van der Waals surface area contributed by atoms with Gasteiger partial charge in [0.25, 0.3) is 0 Å². The summed E-state index contributed by atoms with van der Waals surface area (Å²) in [6, 6.07) is 20.5. The van der Waals surface area contributed by atoms with Crippen molar-refractivity contribution >= 4 is 11.0 Å². The van der Waals surface area contributed by atoms with Crippen molar-refractivity contribution in [3.63, 3.8) is 0 Å². The van der Waals surface area contributed by atoms with Gasteiger partial charge in [0.05, 0.1) is 47.8 Å². The summed E-state index contributed by atoms with van der Waals surface area (Å²) in [5, 5.41) is 8.94. The number of ether oxygens (including phenoxy) is 1. The predicted octanol–water partition coefficient (Wildman–Crippen LogP) is 5.67. The van der Waals surface area contributed by atoms with Gasteiger partial charge in [0.1, 0.15) is 18.2 Å². The number of aromatic nitrogens is 5. The second kappa shape index (κ2) is 11.9. The molecule has 6 rings (SSSR count). The molecule has 41 heavy (non-hydrogen) atoms. The Bertz CT molecular complexity index is 1690. The third-order valence-electron chi connectivity index (χ3n) is 7.87. The quantitative estimate of drug-likeness (QED) is 0.236. The Hall–Kier alpha value is -4.55. The van der Waals surface area contributed by atoms with Crippen molar-refractivity contribution < 1.29 is 9.13 Å². The van der Waals surface area contributed by atoms with Crippen LogP contribution < -0.4 is 4.74 Å². The van der Waals surface area contributed by atoms with Crippen LogP contribution in [0, 0.1) is 17.1 Å². The van der Waals surface area contributed by atoms with Crippen LogP contribution in [0.4, 0.5) is 4.39 Å². The van der Waals surface area contributed by atoms with Crippen molar-refractivity contribution in [2.24, 2.45) is 0 Å². The van der Waals surface area contributed by atoms with Crippen LogP contribution >= 0.6 is 0 Å². The van der Waals surface area contributed by atoms with Gasteiger partial charge in [-0.05, 0) is 63.2 Å². The first-order chi connectivity index (χ1) is 20.1. The molecule has 0 spiro atoms. The molecule has 5 aromatic rings. The van der Waals surface area contributed by atoms with E-state index in [-0.39, 0.29) is 6.61 Å². The fourth-order valence-electron chi connectivity index (χ4n) is 5.56. The molecular formula is C32H32FN7O. The molecule has 1 fully saturated rings. The van der Waals surface area contributed by atoms with Gasteiger partial charge in [-0.3, -0.25) is 4.90 Å². The number of piperidine rings is 1. The Morgan fingerprint density at radius 1 is 1.02 bits per heavy atom. The van der Waals surface area contributed by atoms with E-state index >= 15 is 0 Å². The van der Waals surface area contributed by atoms with E-state index in [0.717, 1.165) is 68.1 Å². The molecule has 0 radical (unpaired) electrons. The van der Waals surface area contributed by atoms with E-state index < -0.39 is 5.82 Å². The minimum atomic E-state index is -0.447. The van der Waals surface area contributed by atoms with Crippen molar-refractivity contribution in [3.05, 3.63) is 107 Å². The number of hydrogen-bond acceptors (Lipinski definition) is 6. The molecule has 0 unspecified atom stereocenters. The number of aryl methyl sites for hydroxylation is 1. The number of rotatable bonds is 9. The molecule has 208 valence electrons. The molecule has 1 aliphatic rings. The highest BCUT2D eigenvalue weighted by atomic mass is 19.1. The highest BCUT2D eigenvalue weighted by molar-refractivity contribution is 5.76. The second-order valence-corrected chi connectivity index (χ2v) is 10.4. The van der Waals surface area contributed by atoms with Gasteiger partial charge in [0.15, 0.2) is 0 Å². The molecule has 1 aliphatic heterocycles. The smallest absolute Gasteiger partial charge is 0.213 e. The zero-order valence-electron chi connectivity index (χ0n) is 23.1. The highest BCUT2D eigenvalue weighted by Crippen LogP contribution is 2.29. The van der Waals surface area contributed by atoms with E-state index in [1.54, 1.807) is 18.2 Å². The van der Waals surface area contributed by atoms with Crippen LogP contribution in [0.5, 0.6) is 5.88 Å². The minimum Gasteiger partial charge on any atom is -0.473 e. The number of para-hydroxylation sites is 2. The number of imidazole rings is 2. The Morgan fingerprint density at radius 2 is 1.88 bits per heavy atom. The molecule has 2 aromatic carbocycles. The first-order valence-electron chi connectivity index (χ1n) is 14.0. The predicted molar refractivity (Wildman–Crippen MR) is 154 cm³/mol. The van der Waals surface area contributed by atoms with Crippen molar-refractivity contribution in [3.8, 4) is 11.9 Å². The Labute approximate surface area is 238 Å². The summed E-state index contributed by atoms with van der Waals surface area (Å²) in [6.45, 7) is 6.50. The number of hydrogen-bond donors (Lipinski definition) is 0. The van der Waals surface area contributed by atoms with Crippen LogP contribution in [0.25, 0.3) is 11.0 Å². The van der Waals surface area contributed by atoms with Crippen molar-refractivity contribution in [1.82, 2.24) is 29.0 Å². The van der Waals surface area contributed by atoms with Crippen LogP contribution in [-0.2, 0) is 26.2 Å². The van der Waals surface area contributed by atoms with E-state index in [4.69, 9.17) is 20.0 Å². The summed E-state index contributed by atoms with van der Waals surface area (Å²) < 4.78 is 24.6. The maximum atomic E-state index is 14.3. The molecule has 0 amide bonds. The van der Waals surface area contributed by atoms with Crippen LogP contribution in [0.1, 0.15) is 54.0 Å². The SMILES string of the molecule is CCn1cncc1Cn1c(CN2CCC(c3cccc(OCc4ccc(C#N)cc4F)n3)CC2)nc2ccccc21. The highest BCUT2D eigenvalue weighted by Gasteiger charge is 2.24. The molecule has 0 N–H and O–H groups in total. The van der Waals surface area contributed by atoms with Gasteiger partial charge in [0.2, 0.25) is 5.88 Å². The van der Waals surface area contributed by atoms with Gasteiger partial charge in [-0.15, -0.1) is 0 Å². The summed E-state index contributed by atoms with van der Waals surface area (Å²) in [7, 11) is 0. The fourth-order valence-corrected chi connectivity index (χ4v) is 5.56. The van der Waals surface area contributed by atoms with E-state index in [2.05, 4.69) is 44.1 Å². The zero-order chi connectivity index (χ0) is 28.2. The molecule has 1 saturated heterocycles. The summed E-state index contributed by atoms with van der Waals surface area (Å²) >= 11 is 0. The average molecular weight is 550 g/mol. The van der Waals surface area contributed by atoms with Crippen molar-refractivity contribution in [2.75, 3.05) is 13.1 Å². The Kier molecular flexibility index (Phi) is 7.74. The summed E-state index contributed by atoms with van der Waals surface area (Å²) in [5.74, 6) is 1.43. The van der Waals surface area contributed by atoms with Gasteiger partial charge >= 0.3 is 0 Å². The summed E-state index contributed by atoms with van der Waals surface area (Å²) in [5.41, 5.74) is 5.02. The Morgan fingerprint density at radius 3 is 2.68 bits per heavy atom. The van der Waals surface area contributed by atoms with Crippen molar-refractivity contribution in [2.45, 2.75) is 51.9 Å². The molecule has 0 aliphatic carbocycles. The normalized spacial score (nSPS) is 14.4. The molecular weight excluding hydrogens is 517 g/mol. The van der Waals surface area contributed by atoms with Gasteiger partial charge in [-0.1, -0.05) is 24.3 Å². The lowest BCUT2D eigenvalue weighted by Crippen LogP contribution is -2.33. The minimum absolute atomic E-state index is 0.0620. The van der Waals surface area contributed by atoms with Gasteiger partial charge < -0.3 is 13.9 Å². The number of pyridine rings is 1. The first-order valence-corrected chi connectivity index (χ1v) is 14.0. The van der Waals surface area contributed by atoms with E-state index in [9.17, 15) is 4.39 Å². The average Bonchev–Trinajstić information content (AvgIpc) is 3.61. The molecule has 0 bridgehead atoms. The summed E-state index contributed by atoms with van der Waals surface area (Å²) in [6.07, 6.45) is 5.81. The van der Waals surface area contributed by atoms with E-state index in [1.165, 1.54) is 11.8 Å². The van der Waals surface area contributed by atoms with Crippen LogP contribution in [0.3, 0.4) is 0 Å². The third-order valence-corrected chi connectivity index (χ3v) is 7.87. The summed E-state index contributed by atoms with van der Waals surface area (Å²) in [4.78, 5) is 16.6. The molecule has 9 heteroatoms. The number of likely N-dealkylation sites (tertiary alicyclic amines) is 1. The van der Waals surface area contributed by atoms with Crippen molar-refractivity contribution in [1.29, 1.82) is 5.26 Å². The number of nitrogens with zero attached hydrogens (tertiary/aromatic N) is 7. The number of benzene rings is 2. The fraction of sp³-hybridized carbons (Fsp3) is 0.312. The Balaban J connectivity index is 1.10. The van der Waals surface area contributed by atoms with Crippen LogP contribution in [0.2, 0.25) is 0 Å². The maximum absolute atomic E-state index is 14.3.